The van der Waals surface area contributed by atoms with Crippen molar-refractivity contribution in [3.05, 3.63) is 54.6 Å². The second-order valence-corrected chi connectivity index (χ2v) is 3.38. The van der Waals surface area contributed by atoms with Crippen molar-refractivity contribution >= 4 is 17.1 Å². The minimum absolute atomic E-state index is 0.973. The molecule has 73 valence electrons. The first-order chi connectivity index (χ1) is 7.43. The lowest BCUT2D eigenvalue weighted by Crippen LogP contribution is -2.28. The van der Waals surface area contributed by atoms with Gasteiger partial charge in [-0.3, -0.25) is 5.43 Å². The van der Waals surface area contributed by atoms with E-state index in [9.17, 15) is 0 Å². The summed E-state index contributed by atoms with van der Waals surface area (Å²) in [4.78, 5) is 0. The zero-order valence-corrected chi connectivity index (χ0v) is 8.09. The van der Waals surface area contributed by atoms with Crippen molar-refractivity contribution in [2.24, 2.45) is 0 Å². The summed E-state index contributed by atoms with van der Waals surface area (Å²) in [5.41, 5.74) is 10.7. The molecule has 0 bridgehead atoms. The standard InChI is InChI=1S/C12H10N3/c1-2-6-10(7-3-1)15-13-11-8-4-5-9-12(11)14-15/h1-9,13H. The number of rotatable bonds is 1. The minimum Gasteiger partial charge on any atom is -0.276 e. The summed E-state index contributed by atoms with van der Waals surface area (Å²) in [6.07, 6.45) is 0. The van der Waals surface area contributed by atoms with Crippen LogP contribution in [0, 0.1) is 0 Å². The van der Waals surface area contributed by atoms with E-state index in [1.807, 2.05) is 54.6 Å². The predicted molar refractivity (Wildman–Crippen MR) is 60.8 cm³/mol. The molecule has 0 atom stereocenters. The number of nitrogens with one attached hydrogen (secondary N) is 1. The molecule has 0 aromatic heterocycles. The summed E-state index contributed by atoms with van der Waals surface area (Å²) in [6, 6.07) is 18.0. The van der Waals surface area contributed by atoms with Crippen LogP contribution in [-0.2, 0) is 0 Å². The van der Waals surface area contributed by atoms with Crippen molar-refractivity contribution in [2.45, 2.75) is 0 Å². The van der Waals surface area contributed by atoms with E-state index in [0.717, 1.165) is 17.1 Å². The summed E-state index contributed by atoms with van der Waals surface area (Å²) in [6.45, 7) is 0. The highest BCUT2D eigenvalue weighted by Gasteiger charge is 2.18. The van der Waals surface area contributed by atoms with Crippen LogP contribution < -0.4 is 16.0 Å². The van der Waals surface area contributed by atoms with Gasteiger partial charge in [-0.15, -0.1) is 0 Å². The van der Waals surface area contributed by atoms with Crippen LogP contribution in [0.4, 0.5) is 17.1 Å². The van der Waals surface area contributed by atoms with E-state index >= 15 is 0 Å². The number of hydrazine groups is 1. The Morgan fingerprint density at radius 1 is 0.867 bits per heavy atom. The van der Waals surface area contributed by atoms with E-state index in [1.165, 1.54) is 0 Å². The molecular weight excluding hydrogens is 186 g/mol. The molecule has 0 fully saturated rings. The van der Waals surface area contributed by atoms with Gasteiger partial charge in [-0.25, -0.2) is 0 Å². The molecule has 2 aromatic carbocycles. The zero-order chi connectivity index (χ0) is 10.1. The van der Waals surface area contributed by atoms with Crippen molar-refractivity contribution < 1.29 is 0 Å². The number of hydrogen-bond donors (Lipinski definition) is 1. The Hall–Kier alpha value is -2.16. The molecule has 0 aliphatic carbocycles. The van der Waals surface area contributed by atoms with E-state index in [-0.39, 0.29) is 0 Å². The topological polar surface area (TPSA) is 29.4 Å². The summed E-state index contributed by atoms with van der Waals surface area (Å²) >= 11 is 0. The Kier molecular flexibility index (Phi) is 1.75. The SMILES string of the molecule is c1ccc(N2[N]c3ccccc3N2)cc1. The summed E-state index contributed by atoms with van der Waals surface area (Å²) in [7, 11) is 0. The largest absolute Gasteiger partial charge is 0.276 e. The molecule has 0 spiro atoms. The zero-order valence-electron chi connectivity index (χ0n) is 8.09. The Bertz CT molecular complexity index is 442. The van der Waals surface area contributed by atoms with Crippen LogP contribution in [0.5, 0.6) is 0 Å². The smallest absolute Gasteiger partial charge is 0.111 e. The molecule has 1 aliphatic heterocycles. The van der Waals surface area contributed by atoms with Gasteiger partial charge in [0.15, 0.2) is 0 Å². The number of para-hydroxylation sites is 2. The summed E-state index contributed by atoms with van der Waals surface area (Å²) < 4.78 is 0. The van der Waals surface area contributed by atoms with Gasteiger partial charge in [-0.1, -0.05) is 30.3 Å². The van der Waals surface area contributed by atoms with Crippen LogP contribution in [0.15, 0.2) is 54.6 Å². The van der Waals surface area contributed by atoms with Gasteiger partial charge in [0.25, 0.3) is 0 Å². The lowest BCUT2D eigenvalue weighted by atomic mass is 10.3. The Labute approximate surface area is 88.3 Å². The summed E-state index contributed by atoms with van der Waals surface area (Å²) in [5.74, 6) is 0. The maximum absolute atomic E-state index is 4.44. The van der Waals surface area contributed by atoms with E-state index < -0.39 is 0 Å². The monoisotopic (exact) mass is 196 g/mol. The molecule has 1 radical (unpaired) electrons. The van der Waals surface area contributed by atoms with Gasteiger partial charge in [0.2, 0.25) is 0 Å². The van der Waals surface area contributed by atoms with Crippen LogP contribution in [0.1, 0.15) is 0 Å². The number of fused-ring (bicyclic) bond motifs is 1. The van der Waals surface area contributed by atoms with E-state index in [1.54, 1.807) is 5.12 Å². The van der Waals surface area contributed by atoms with E-state index in [2.05, 4.69) is 10.9 Å². The first-order valence-electron chi connectivity index (χ1n) is 4.86. The van der Waals surface area contributed by atoms with Gasteiger partial charge in [0, 0.05) is 0 Å². The third kappa shape index (κ3) is 1.38. The first-order valence-corrected chi connectivity index (χ1v) is 4.86. The number of nitrogens with zero attached hydrogens (tertiary/aromatic N) is 2. The van der Waals surface area contributed by atoms with Gasteiger partial charge in [0.05, 0.1) is 11.4 Å². The Morgan fingerprint density at radius 3 is 2.40 bits per heavy atom. The highest BCUT2D eigenvalue weighted by molar-refractivity contribution is 5.73. The normalized spacial score (nSPS) is 12.9. The molecule has 3 nitrogen and oxygen atoms in total. The molecule has 1 N–H and O–H groups in total. The molecule has 3 heteroatoms. The molecule has 0 unspecified atom stereocenters. The third-order valence-electron chi connectivity index (χ3n) is 2.34. The van der Waals surface area contributed by atoms with Crippen molar-refractivity contribution in [3.63, 3.8) is 0 Å². The fourth-order valence-corrected chi connectivity index (χ4v) is 1.59. The lowest BCUT2D eigenvalue weighted by Gasteiger charge is -2.15. The van der Waals surface area contributed by atoms with Crippen LogP contribution in [0.2, 0.25) is 0 Å². The predicted octanol–water partition coefficient (Wildman–Crippen LogP) is 2.68. The van der Waals surface area contributed by atoms with Gasteiger partial charge >= 0.3 is 0 Å². The fourth-order valence-electron chi connectivity index (χ4n) is 1.59. The Morgan fingerprint density at radius 2 is 1.60 bits per heavy atom. The van der Waals surface area contributed by atoms with Gasteiger partial charge in [-0.2, -0.15) is 10.5 Å². The molecule has 0 saturated carbocycles. The van der Waals surface area contributed by atoms with Gasteiger partial charge in [0.1, 0.15) is 5.69 Å². The second-order valence-electron chi connectivity index (χ2n) is 3.38. The maximum Gasteiger partial charge on any atom is 0.111 e. The Balaban J connectivity index is 1.91. The number of benzene rings is 2. The van der Waals surface area contributed by atoms with Crippen LogP contribution in [0.25, 0.3) is 0 Å². The molecular formula is C12H10N3. The van der Waals surface area contributed by atoms with Gasteiger partial charge in [-0.05, 0) is 24.3 Å². The fraction of sp³-hybridized carbons (Fsp3) is 0. The summed E-state index contributed by atoms with van der Waals surface area (Å²) in [5, 5.41) is 1.78. The molecule has 2 aromatic rings. The highest BCUT2D eigenvalue weighted by atomic mass is 15.8. The molecule has 15 heavy (non-hydrogen) atoms. The first kappa shape index (κ1) is 8.17. The van der Waals surface area contributed by atoms with Crippen molar-refractivity contribution in [1.29, 1.82) is 0 Å². The lowest BCUT2D eigenvalue weighted by molar-refractivity contribution is 0.867. The van der Waals surface area contributed by atoms with Crippen molar-refractivity contribution in [2.75, 3.05) is 10.5 Å². The van der Waals surface area contributed by atoms with Crippen molar-refractivity contribution in [3.8, 4) is 0 Å². The van der Waals surface area contributed by atoms with Crippen LogP contribution >= 0.6 is 0 Å². The highest BCUT2D eigenvalue weighted by Crippen LogP contribution is 2.30. The van der Waals surface area contributed by atoms with E-state index in [4.69, 9.17) is 0 Å². The quantitative estimate of drug-likeness (QED) is 0.759. The van der Waals surface area contributed by atoms with Crippen molar-refractivity contribution in [1.82, 2.24) is 5.43 Å². The number of anilines is 2. The van der Waals surface area contributed by atoms with Gasteiger partial charge < -0.3 is 0 Å². The molecule has 1 aliphatic rings. The van der Waals surface area contributed by atoms with Crippen LogP contribution in [0.3, 0.4) is 0 Å². The molecule has 3 rings (SSSR count). The maximum atomic E-state index is 4.44. The minimum atomic E-state index is 0.973. The average molecular weight is 196 g/mol. The second kappa shape index (κ2) is 3.20. The molecule has 1 heterocycles. The average Bonchev–Trinajstić information content (AvgIpc) is 2.74. The van der Waals surface area contributed by atoms with Crippen LogP contribution in [-0.4, -0.2) is 0 Å². The van der Waals surface area contributed by atoms with E-state index in [0.29, 0.717) is 0 Å². The molecule has 0 amide bonds. The molecule has 0 saturated heterocycles. The third-order valence-corrected chi connectivity index (χ3v) is 2.34. The number of hydrogen-bond acceptors (Lipinski definition) is 2.